The largest absolute Gasteiger partial charge is 0.460 e. The number of ether oxygens (including phenoxy) is 1. The third-order valence-corrected chi connectivity index (χ3v) is 3.39. The van der Waals surface area contributed by atoms with Gasteiger partial charge in [0.25, 0.3) is 0 Å². The van der Waals surface area contributed by atoms with E-state index in [4.69, 9.17) is 9.15 Å². The molecule has 0 aliphatic heterocycles. The molecule has 0 bridgehead atoms. The first kappa shape index (κ1) is 18.6. The summed E-state index contributed by atoms with van der Waals surface area (Å²) in [4.78, 5) is 12.3. The fraction of sp³-hybridized carbons (Fsp3) is 0.318. The molecule has 0 fully saturated rings. The predicted octanol–water partition coefficient (Wildman–Crippen LogP) is 5.39. The third kappa shape index (κ3) is 5.12. The van der Waals surface area contributed by atoms with Crippen molar-refractivity contribution in [3.8, 4) is 11.8 Å². The lowest BCUT2D eigenvalue weighted by atomic mass is 10.1. The maximum Gasteiger partial charge on any atom is 0.342 e. The van der Waals surface area contributed by atoms with Crippen LogP contribution in [0.15, 0.2) is 46.4 Å². The molecule has 0 N–H and O–H groups in total. The van der Waals surface area contributed by atoms with Crippen LogP contribution in [-0.2, 0) is 4.74 Å². The zero-order valence-corrected chi connectivity index (χ0v) is 15.7. The molecule has 0 atom stereocenters. The molecular weight excluding hydrogens is 312 g/mol. The molecule has 25 heavy (non-hydrogen) atoms. The fourth-order valence-corrected chi connectivity index (χ4v) is 2.23. The Morgan fingerprint density at radius 2 is 1.76 bits per heavy atom. The van der Waals surface area contributed by atoms with Crippen LogP contribution in [-0.4, -0.2) is 11.6 Å². The minimum Gasteiger partial charge on any atom is -0.460 e. The van der Waals surface area contributed by atoms with Crippen molar-refractivity contribution in [3.05, 3.63) is 64.6 Å². The molecular formula is C22H24O3. The molecule has 3 heteroatoms. The minimum atomic E-state index is -0.548. The Morgan fingerprint density at radius 1 is 1.12 bits per heavy atom. The summed E-state index contributed by atoms with van der Waals surface area (Å²) in [6.45, 7) is 11.2. The van der Waals surface area contributed by atoms with Gasteiger partial charge in [0.2, 0.25) is 0 Å². The van der Waals surface area contributed by atoms with Crippen LogP contribution in [0.25, 0.3) is 5.57 Å². The predicted molar refractivity (Wildman–Crippen MR) is 100 cm³/mol. The highest BCUT2D eigenvalue weighted by Crippen LogP contribution is 2.25. The molecule has 0 aliphatic carbocycles. The number of carbonyl (C=O) groups is 1. The Hall–Kier alpha value is -2.73. The van der Waals surface area contributed by atoms with Crippen LogP contribution >= 0.6 is 0 Å². The first-order chi connectivity index (χ1) is 11.7. The van der Waals surface area contributed by atoms with Gasteiger partial charge in [0.15, 0.2) is 0 Å². The summed E-state index contributed by atoms with van der Waals surface area (Å²) in [6, 6.07) is 11.5. The second-order valence-corrected chi connectivity index (χ2v) is 7.07. The molecule has 2 aromatic rings. The maximum absolute atomic E-state index is 12.3. The molecule has 3 nitrogen and oxygen atoms in total. The number of esters is 1. The van der Waals surface area contributed by atoms with E-state index in [1.165, 1.54) is 0 Å². The molecule has 2 rings (SSSR count). The number of carbonyl (C=O) groups excluding carboxylic acids is 1. The van der Waals surface area contributed by atoms with Crippen LogP contribution in [0, 0.1) is 18.8 Å². The van der Waals surface area contributed by atoms with Gasteiger partial charge in [-0.25, -0.2) is 4.79 Å². The molecule has 0 saturated carbocycles. The van der Waals surface area contributed by atoms with Crippen LogP contribution in [0.5, 0.6) is 0 Å². The highest BCUT2D eigenvalue weighted by atomic mass is 16.6. The normalized spacial score (nSPS) is 10.6. The van der Waals surface area contributed by atoms with Crippen LogP contribution in [0.4, 0.5) is 0 Å². The van der Waals surface area contributed by atoms with Crippen molar-refractivity contribution in [2.75, 3.05) is 0 Å². The lowest BCUT2D eigenvalue weighted by Gasteiger charge is -2.18. The minimum absolute atomic E-state index is 0.385. The van der Waals surface area contributed by atoms with Gasteiger partial charge in [0, 0.05) is 5.56 Å². The second kappa shape index (κ2) is 7.44. The summed E-state index contributed by atoms with van der Waals surface area (Å²) in [5.41, 5.74) is 2.62. The average Bonchev–Trinajstić information content (AvgIpc) is 2.88. The van der Waals surface area contributed by atoms with Gasteiger partial charge < -0.3 is 9.15 Å². The van der Waals surface area contributed by atoms with Crippen molar-refractivity contribution in [1.82, 2.24) is 0 Å². The van der Waals surface area contributed by atoms with Crippen molar-refractivity contribution in [1.29, 1.82) is 0 Å². The Bertz CT molecular complexity index is 846. The van der Waals surface area contributed by atoms with E-state index in [0.29, 0.717) is 17.1 Å². The van der Waals surface area contributed by atoms with E-state index < -0.39 is 5.60 Å². The van der Waals surface area contributed by atoms with Crippen LogP contribution in [0.2, 0.25) is 0 Å². The highest BCUT2D eigenvalue weighted by Gasteiger charge is 2.23. The Kier molecular flexibility index (Phi) is 5.54. The van der Waals surface area contributed by atoms with E-state index in [2.05, 4.69) is 11.8 Å². The monoisotopic (exact) mass is 336 g/mol. The summed E-state index contributed by atoms with van der Waals surface area (Å²) < 4.78 is 11.2. The molecule has 0 radical (unpaired) electrons. The topological polar surface area (TPSA) is 39.4 Å². The van der Waals surface area contributed by atoms with Gasteiger partial charge in [0.1, 0.15) is 22.7 Å². The molecule has 0 spiro atoms. The van der Waals surface area contributed by atoms with Crippen LogP contribution < -0.4 is 0 Å². The van der Waals surface area contributed by atoms with Gasteiger partial charge in [-0.1, -0.05) is 35.6 Å². The van der Waals surface area contributed by atoms with E-state index in [0.717, 1.165) is 16.7 Å². The standard InChI is InChI=1S/C22H24O3/c1-15(2)18(13-12-17-10-8-7-9-11-17)20-14-19(16(3)24-20)21(23)25-22(4,5)6/h7-11,14H,1-6H3. The third-order valence-electron chi connectivity index (χ3n) is 3.39. The van der Waals surface area contributed by atoms with E-state index in [-0.39, 0.29) is 5.97 Å². The van der Waals surface area contributed by atoms with Gasteiger partial charge in [-0.2, -0.15) is 0 Å². The Balaban J connectivity index is 2.36. The summed E-state index contributed by atoms with van der Waals surface area (Å²) in [5.74, 6) is 7.03. The number of hydrogen-bond acceptors (Lipinski definition) is 3. The van der Waals surface area contributed by atoms with Crippen molar-refractivity contribution in [2.45, 2.75) is 47.1 Å². The summed E-state index contributed by atoms with van der Waals surface area (Å²) in [6.07, 6.45) is 0. The fourth-order valence-electron chi connectivity index (χ4n) is 2.23. The second-order valence-electron chi connectivity index (χ2n) is 7.07. The van der Waals surface area contributed by atoms with E-state index >= 15 is 0 Å². The smallest absolute Gasteiger partial charge is 0.342 e. The first-order valence-corrected chi connectivity index (χ1v) is 8.26. The first-order valence-electron chi connectivity index (χ1n) is 8.26. The van der Waals surface area contributed by atoms with Gasteiger partial charge in [-0.05, 0) is 59.7 Å². The number of allylic oxidation sites excluding steroid dienone is 2. The van der Waals surface area contributed by atoms with Crippen LogP contribution in [0.3, 0.4) is 0 Å². The highest BCUT2D eigenvalue weighted by molar-refractivity contribution is 5.92. The Labute approximate surface area is 149 Å². The molecule has 0 amide bonds. The number of benzene rings is 1. The maximum atomic E-state index is 12.3. The summed E-state index contributed by atoms with van der Waals surface area (Å²) in [5, 5.41) is 0. The summed E-state index contributed by atoms with van der Waals surface area (Å²) >= 11 is 0. The van der Waals surface area contributed by atoms with Gasteiger partial charge >= 0.3 is 5.97 Å². The SMILES string of the molecule is CC(C)=C(C#Cc1ccccc1)c1cc(C(=O)OC(C)(C)C)c(C)o1. The van der Waals surface area contributed by atoms with Gasteiger partial charge in [0.05, 0.1) is 5.57 Å². The molecule has 130 valence electrons. The quantitative estimate of drug-likeness (QED) is 0.545. The molecule has 1 heterocycles. The van der Waals surface area contributed by atoms with Crippen LogP contribution in [0.1, 0.15) is 62.1 Å². The number of rotatable bonds is 2. The molecule has 1 aromatic carbocycles. The zero-order chi connectivity index (χ0) is 18.6. The lowest BCUT2D eigenvalue weighted by Crippen LogP contribution is -2.23. The molecule has 0 aliphatic rings. The van der Waals surface area contributed by atoms with Crippen molar-refractivity contribution >= 4 is 11.5 Å². The van der Waals surface area contributed by atoms with Crippen molar-refractivity contribution in [2.24, 2.45) is 0 Å². The summed E-state index contributed by atoms with van der Waals surface area (Å²) in [7, 11) is 0. The lowest BCUT2D eigenvalue weighted by molar-refractivity contribution is 0.00678. The molecule has 1 aromatic heterocycles. The molecule has 0 saturated heterocycles. The van der Waals surface area contributed by atoms with Crippen molar-refractivity contribution < 1.29 is 13.9 Å². The van der Waals surface area contributed by atoms with E-state index in [9.17, 15) is 4.79 Å². The molecule has 0 unspecified atom stereocenters. The van der Waals surface area contributed by atoms with Crippen molar-refractivity contribution in [3.63, 3.8) is 0 Å². The zero-order valence-electron chi connectivity index (χ0n) is 15.7. The number of furan rings is 1. The average molecular weight is 336 g/mol. The Morgan fingerprint density at radius 3 is 2.32 bits per heavy atom. The number of aryl methyl sites for hydroxylation is 1. The van der Waals surface area contributed by atoms with E-state index in [1.54, 1.807) is 13.0 Å². The van der Waals surface area contributed by atoms with E-state index in [1.807, 2.05) is 65.0 Å². The number of hydrogen-bond donors (Lipinski definition) is 0. The van der Waals surface area contributed by atoms with Gasteiger partial charge in [-0.3, -0.25) is 0 Å². The van der Waals surface area contributed by atoms with Gasteiger partial charge in [-0.15, -0.1) is 0 Å².